The normalized spacial score (nSPS) is 24.3. The molecule has 1 aromatic rings. The van der Waals surface area contributed by atoms with Crippen molar-refractivity contribution in [1.29, 1.82) is 0 Å². The average Bonchev–Trinajstić information content (AvgIpc) is 2.58. The predicted molar refractivity (Wildman–Crippen MR) is 81.9 cm³/mol. The van der Waals surface area contributed by atoms with Crippen LogP contribution in [-0.2, 0) is 0 Å². The van der Waals surface area contributed by atoms with Crippen LogP contribution in [0.5, 0.6) is 5.75 Å². The lowest BCUT2D eigenvalue weighted by Crippen LogP contribution is -2.29. The zero-order valence-corrected chi connectivity index (χ0v) is 12.3. The molecule has 112 valence electrons. The van der Waals surface area contributed by atoms with Crippen molar-refractivity contribution in [2.75, 3.05) is 32.0 Å². The van der Waals surface area contributed by atoms with Crippen LogP contribution < -0.4 is 10.5 Å². The Labute approximate surface area is 121 Å². The van der Waals surface area contributed by atoms with E-state index in [0.717, 1.165) is 51.1 Å². The van der Waals surface area contributed by atoms with E-state index < -0.39 is 5.60 Å². The topological polar surface area (TPSA) is 58.7 Å². The first-order valence-corrected chi connectivity index (χ1v) is 7.49. The van der Waals surface area contributed by atoms with E-state index in [1.165, 1.54) is 0 Å². The van der Waals surface area contributed by atoms with Gasteiger partial charge in [-0.15, -0.1) is 0 Å². The van der Waals surface area contributed by atoms with Gasteiger partial charge < -0.3 is 20.5 Å². The molecule has 0 amide bonds. The number of aliphatic hydroxyl groups is 1. The lowest BCUT2D eigenvalue weighted by atomic mass is 9.98. The van der Waals surface area contributed by atoms with Crippen molar-refractivity contribution in [3.05, 3.63) is 24.3 Å². The number of likely N-dealkylation sites (tertiary alicyclic amines) is 1. The summed E-state index contributed by atoms with van der Waals surface area (Å²) in [5, 5.41) is 10.1. The molecule has 1 fully saturated rings. The van der Waals surface area contributed by atoms with Gasteiger partial charge >= 0.3 is 0 Å². The second kappa shape index (κ2) is 6.95. The summed E-state index contributed by atoms with van der Waals surface area (Å²) in [6.45, 7) is 5.69. The molecular weight excluding hydrogens is 252 g/mol. The molecule has 0 spiro atoms. The van der Waals surface area contributed by atoms with E-state index >= 15 is 0 Å². The van der Waals surface area contributed by atoms with Crippen molar-refractivity contribution >= 4 is 5.69 Å². The molecule has 0 saturated carbocycles. The second-order valence-corrected chi connectivity index (χ2v) is 5.93. The summed E-state index contributed by atoms with van der Waals surface area (Å²) < 4.78 is 5.70. The number of hydrogen-bond donors (Lipinski definition) is 2. The van der Waals surface area contributed by atoms with Crippen LogP contribution in [0.2, 0.25) is 0 Å². The van der Waals surface area contributed by atoms with Crippen LogP contribution >= 0.6 is 0 Å². The Kier molecular flexibility index (Phi) is 5.26. The predicted octanol–water partition coefficient (Wildman–Crippen LogP) is 2.27. The largest absolute Gasteiger partial charge is 0.491 e. The fraction of sp³-hybridized carbons (Fsp3) is 0.625. The minimum atomic E-state index is -0.482. The minimum absolute atomic E-state index is 0.482. The molecule has 1 atom stereocenters. The van der Waals surface area contributed by atoms with Crippen molar-refractivity contribution in [2.45, 2.75) is 38.2 Å². The van der Waals surface area contributed by atoms with E-state index in [4.69, 9.17) is 10.5 Å². The molecule has 0 aromatic heterocycles. The first-order chi connectivity index (χ1) is 9.57. The lowest BCUT2D eigenvalue weighted by Gasteiger charge is -2.22. The van der Waals surface area contributed by atoms with E-state index in [9.17, 15) is 5.11 Å². The Morgan fingerprint density at radius 1 is 1.30 bits per heavy atom. The average molecular weight is 278 g/mol. The molecule has 1 aromatic carbocycles. The summed E-state index contributed by atoms with van der Waals surface area (Å²) in [4.78, 5) is 2.42. The molecule has 3 N–H and O–H groups in total. The van der Waals surface area contributed by atoms with E-state index in [1.54, 1.807) is 0 Å². The molecule has 2 rings (SSSR count). The standard InChI is InChI=1S/C16H26N2O2/c1-16(19)8-4-10-18(12-9-16)11-5-13-20-15-7-3-2-6-14(15)17/h2-3,6-7,19H,4-5,8-13,17H2,1H3. The van der Waals surface area contributed by atoms with Crippen LogP contribution in [0, 0.1) is 0 Å². The Hall–Kier alpha value is -1.26. The van der Waals surface area contributed by atoms with Gasteiger partial charge in [-0.2, -0.15) is 0 Å². The number of benzene rings is 1. The summed E-state index contributed by atoms with van der Waals surface area (Å²) in [6.07, 6.45) is 3.82. The number of ether oxygens (including phenoxy) is 1. The quantitative estimate of drug-likeness (QED) is 0.641. The van der Waals surface area contributed by atoms with E-state index in [-0.39, 0.29) is 0 Å². The summed E-state index contributed by atoms with van der Waals surface area (Å²) in [5.41, 5.74) is 6.04. The van der Waals surface area contributed by atoms with E-state index in [2.05, 4.69) is 4.90 Å². The van der Waals surface area contributed by atoms with Crippen LogP contribution in [0.4, 0.5) is 5.69 Å². The number of nitrogens with two attached hydrogens (primary N) is 1. The number of nitrogen functional groups attached to an aromatic ring is 1. The lowest BCUT2D eigenvalue weighted by molar-refractivity contribution is 0.0445. The monoisotopic (exact) mass is 278 g/mol. The molecule has 4 nitrogen and oxygen atoms in total. The highest BCUT2D eigenvalue weighted by molar-refractivity contribution is 5.51. The van der Waals surface area contributed by atoms with E-state index in [1.807, 2.05) is 31.2 Å². The summed E-state index contributed by atoms with van der Waals surface area (Å²) >= 11 is 0. The molecule has 1 heterocycles. The molecule has 20 heavy (non-hydrogen) atoms. The highest BCUT2D eigenvalue weighted by Gasteiger charge is 2.24. The number of anilines is 1. The molecule has 0 radical (unpaired) electrons. The zero-order valence-electron chi connectivity index (χ0n) is 12.3. The van der Waals surface area contributed by atoms with Crippen LogP contribution in [0.1, 0.15) is 32.6 Å². The molecule has 1 aliphatic heterocycles. The van der Waals surface area contributed by atoms with Gasteiger partial charge in [-0.25, -0.2) is 0 Å². The molecule has 4 heteroatoms. The maximum Gasteiger partial charge on any atom is 0.142 e. The van der Waals surface area contributed by atoms with Gasteiger partial charge in [0.2, 0.25) is 0 Å². The molecule has 1 saturated heterocycles. The highest BCUT2D eigenvalue weighted by atomic mass is 16.5. The molecule has 0 bridgehead atoms. The van der Waals surface area contributed by atoms with Crippen molar-refractivity contribution in [1.82, 2.24) is 4.90 Å². The van der Waals surface area contributed by atoms with Gasteiger partial charge in [0, 0.05) is 13.1 Å². The summed E-state index contributed by atoms with van der Waals surface area (Å²) in [5.74, 6) is 0.770. The van der Waals surface area contributed by atoms with Crippen LogP contribution in [0.25, 0.3) is 0 Å². The fourth-order valence-electron chi connectivity index (χ4n) is 2.63. The van der Waals surface area contributed by atoms with Gasteiger partial charge in [-0.05, 0) is 51.3 Å². The second-order valence-electron chi connectivity index (χ2n) is 5.93. The minimum Gasteiger partial charge on any atom is -0.491 e. The van der Waals surface area contributed by atoms with Gasteiger partial charge in [-0.1, -0.05) is 12.1 Å². The number of nitrogens with zero attached hydrogens (tertiary/aromatic N) is 1. The van der Waals surface area contributed by atoms with Crippen LogP contribution in [0.15, 0.2) is 24.3 Å². The van der Waals surface area contributed by atoms with E-state index in [0.29, 0.717) is 12.3 Å². The van der Waals surface area contributed by atoms with Crippen molar-refractivity contribution in [3.63, 3.8) is 0 Å². The summed E-state index contributed by atoms with van der Waals surface area (Å²) in [7, 11) is 0. The first-order valence-electron chi connectivity index (χ1n) is 7.49. The Morgan fingerprint density at radius 2 is 2.10 bits per heavy atom. The Bertz CT molecular complexity index is 421. The summed E-state index contributed by atoms with van der Waals surface area (Å²) in [6, 6.07) is 7.60. The van der Waals surface area contributed by atoms with Crippen molar-refractivity contribution in [3.8, 4) is 5.75 Å². The molecule has 0 aliphatic carbocycles. The van der Waals surface area contributed by atoms with Crippen molar-refractivity contribution in [2.24, 2.45) is 0 Å². The number of hydrogen-bond acceptors (Lipinski definition) is 4. The molecule has 1 aliphatic rings. The third kappa shape index (κ3) is 4.69. The van der Waals surface area contributed by atoms with Crippen LogP contribution in [0.3, 0.4) is 0 Å². The third-order valence-corrected chi connectivity index (χ3v) is 3.95. The molecule has 1 unspecified atom stereocenters. The van der Waals surface area contributed by atoms with Gasteiger partial charge in [0.05, 0.1) is 17.9 Å². The SMILES string of the molecule is CC1(O)CCCN(CCCOc2ccccc2N)CC1. The van der Waals surface area contributed by atoms with Gasteiger partial charge in [-0.3, -0.25) is 0 Å². The maximum absolute atomic E-state index is 10.1. The number of para-hydroxylation sites is 2. The smallest absolute Gasteiger partial charge is 0.142 e. The van der Waals surface area contributed by atoms with Gasteiger partial charge in [0.15, 0.2) is 0 Å². The highest BCUT2D eigenvalue weighted by Crippen LogP contribution is 2.22. The Morgan fingerprint density at radius 3 is 2.90 bits per heavy atom. The van der Waals surface area contributed by atoms with Gasteiger partial charge in [0.25, 0.3) is 0 Å². The molecular formula is C16H26N2O2. The Balaban J connectivity index is 1.67. The third-order valence-electron chi connectivity index (χ3n) is 3.95. The van der Waals surface area contributed by atoms with Gasteiger partial charge in [0.1, 0.15) is 5.75 Å². The van der Waals surface area contributed by atoms with Crippen molar-refractivity contribution < 1.29 is 9.84 Å². The first kappa shape index (κ1) is 15.1. The fourth-order valence-corrected chi connectivity index (χ4v) is 2.63. The maximum atomic E-state index is 10.1. The zero-order chi connectivity index (χ0) is 14.4. The number of rotatable bonds is 5. The van der Waals surface area contributed by atoms with Crippen LogP contribution in [-0.4, -0.2) is 41.8 Å².